The number of nitrogens with one attached hydrogen (secondary N) is 2. The molecule has 2 aliphatic rings. The number of amides is 4. The lowest BCUT2D eigenvalue weighted by Gasteiger charge is -2.15. The quantitative estimate of drug-likeness (QED) is 0.591. The Kier molecular flexibility index (Phi) is 5.97. The standard InChI is InChI=1S/C27H25N5O4/c1-16(33)31-12-10-18-14-20(6-8-24(18)31)28-26(35)22-4-3-5-23(30-22)27(36)29-21-7-9-25-19(15-21)11-13-32(25)17(2)34/h3-9,14-15H,10-13H2,1-2H3,(H,28,35)(H,29,36). The predicted molar refractivity (Wildman–Crippen MR) is 136 cm³/mol. The van der Waals surface area contributed by atoms with Gasteiger partial charge in [0.25, 0.3) is 11.8 Å². The number of pyridine rings is 1. The number of carbonyl (C=O) groups is 4. The summed E-state index contributed by atoms with van der Waals surface area (Å²) in [6.45, 7) is 4.32. The van der Waals surface area contributed by atoms with Crippen LogP contribution >= 0.6 is 0 Å². The Labute approximate surface area is 208 Å². The summed E-state index contributed by atoms with van der Waals surface area (Å²) in [5, 5.41) is 5.64. The van der Waals surface area contributed by atoms with Crippen molar-refractivity contribution < 1.29 is 19.2 Å². The molecule has 3 aromatic rings. The molecule has 182 valence electrons. The van der Waals surface area contributed by atoms with Gasteiger partial charge in [-0.1, -0.05) is 6.07 Å². The van der Waals surface area contributed by atoms with E-state index in [2.05, 4.69) is 15.6 Å². The molecule has 0 radical (unpaired) electrons. The van der Waals surface area contributed by atoms with Crippen LogP contribution in [0.4, 0.5) is 22.7 Å². The Bertz CT molecular complexity index is 1310. The number of fused-ring (bicyclic) bond motifs is 2. The molecule has 0 saturated carbocycles. The van der Waals surface area contributed by atoms with Crippen molar-refractivity contribution in [1.82, 2.24) is 4.98 Å². The minimum absolute atomic E-state index is 0.0113. The molecule has 5 rings (SSSR count). The predicted octanol–water partition coefficient (Wildman–Crippen LogP) is 3.40. The third-order valence-corrected chi connectivity index (χ3v) is 6.44. The fourth-order valence-electron chi connectivity index (χ4n) is 4.69. The first-order chi connectivity index (χ1) is 17.3. The van der Waals surface area contributed by atoms with E-state index >= 15 is 0 Å². The molecule has 3 heterocycles. The van der Waals surface area contributed by atoms with Gasteiger partial charge in [-0.25, -0.2) is 4.98 Å². The zero-order chi connectivity index (χ0) is 25.4. The first-order valence-corrected chi connectivity index (χ1v) is 11.7. The maximum Gasteiger partial charge on any atom is 0.274 e. The van der Waals surface area contributed by atoms with Crippen molar-refractivity contribution in [2.75, 3.05) is 33.5 Å². The topological polar surface area (TPSA) is 112 Å². The molecule has 2 aliphatic heterocycles. The van der Waals surface area contributed by atoms with E-state index in [0.717, 1.165) is 35.3 Å². The fraction of sp³-hybridized carbons (Fsp3) is 0.222. The van der Waals surface area contributed by atoms with Gasteiger partial charge < -0.3 is 20.4 Å². The number of carbonyl (C=O) groups excluding carboxylic acids is 4. The Morgan fingerprint density at radius 1 is 0.694 bits per heavy atom. The van der Waals surface area contributed by atoms with E-state index < -0.39 is 11.8 Å². The summed E-state index contributed by atoms with van der Waals surface area (Å²) >= 11 is 0. The summed E-state index contributed by atoms with van der Waals surface area (Å²) in [7, 11) is 0. The van der Waals surface area contributed by atoms with Crippen molar-refractivity contribution in [3.8, 4) is 0 Å². The van der Waals surface area contributed by atoms with Crippen LogP contribution in [-0.4, -0.2) is 41.7 Å². The molecule has 9 heteroatoms. The Balaban J connectivity index is 1.27. The van der Waals surface area contributed by atoms with Gasteiger partial charge in [-0.2, -0.15) is 0 Å². The van der Waals surface area contributed by atoms with Crippen LogP contribution in [-0.2, 0) is 22.4 Å². The van der Waals surface area contributed by atoms with E-state index in [0.29, 0.717) is 24.5 Å². The summed E-state index contributed by atoms with van der Waals surface area (Å²) in [5.74, 6) is -0.897. The highest BCUT2D eigenvalue weighted by Crippen LogP contribution is 2.31. The van der Waals surface area contributed by atoms with Gasteiger partial charge in [0.1, 0.15) is 11.4 Å². The number of rotatable bonds is 4. The van der Waals surface area contributed by atoms with Crippen LogP contribution in [0, 0.1) is 0 Å². The van der Waals surface area contributed by atoms with E-state index in [4.69, 9.17) is 0 Å². The van der Waals surface area contributed by atoms with Crippen molar-refractivity contribution in [2.24, 2.45) is 0 Å². The third kappa shape index (κ3) is 4.43. The van der Waals surface area contributed by atoms with Crippen LogP contribution in [0.3, 0.4) is 0 Å². The number of benzene rings is 2. The molecule has 0 bridgehead atoms. The van der Waals surface area contributed by atoms with Crippen molar-refractivity contribution in [1.29, 1.82) is 0 Å². The Morgan fingerprint density at radius 2 is 1.14 bits per heavy atom. The molecule has 9 nitrogen and oxygen atoms in total. The summed E-state index contributed by atoms with van der Waals surface area (Å²) in [4.78, 5) is 56.8. The van der Waals surface area contributed by atoms with Crippen LogP contribution < -0.4 is 20.4 Å². The maximum absolute atomic E-state index is 12.8. The average Bonchev–Trinajstić information content (AvgIpc) is 3.48. The molecule has 2 N–H and O–H groups in total. The van der Waals surface area contributed by atoms with Crippen LogP contribution in [0.1, 0.15) is 46.0 Å². The van der Waals surface area contributed by atoms with E-state index in [9.17, 15) is 19.2 Å². The first-order valence-electron chi connectivity index (χ1n) is 11.7. The SMILES string of the molecule is CC(=O)N1CCc2cc(NC(=O)c3cccc(C(=O)Nc4ccc5c(c4)CCN5C(C)=O)n3)ccc21. The van der Waals surface area contributed by atoms with Gasteiger partial charge in [0.15, 0.2) is 0 Å². The average molecular weight is 484 g/mol. The third-order valence-electron chi connectivity index (χ3n) is 6.44. The number of hydrogen-bond donors (Lipinski definition) is 2. The van der Waals surface area contributed by atoms with Crippen molar-refractivity contribution in [2.45, 2.75) is 26.7 Å². The monoisotopic (exact) mass is 483 g/mol. The lowest BCUT2D eigenvalue weighted by Crippen LogP contribution is -2.25. The fourth-order valence-corrected chi connectivity index (χ4v) is 4.69. The summed E-state index contributed by atoms with van der Waals surface area (Å²) in [5.41, 5.74) is 5.11. The highest BCUT2D eigenvalue weighted by Gasteiger charge is 2.24. The van der Waals surface area contributed by atoms with Crippen molar-refractivity contribution >= 4 is 46.4 Å². The molecule has 0 atom stereocenters. The Hall–Kier alpha value is -4.53. The number of hydrogen-bond acceptors (Lipinski definition) is 5. The largest absolute Gasteiger partial charge is 0.321 e. The van der Waals surface area contributed by atoms with Gasteiger partial charge in [-0.05, 0) is 72.5 Å². The smallest absolute Gasteiger partial charge is 0.274 e. The van der Waals surface area contributed by atoms with E-state index in [1.807, 2.05) is 24.3 Å². The summed E-state index contributed by atoms with van der Waals surface area (Å²) < 4.78 is 0. The lowest BCUT2D eigenvalue weighted by atomic mass is 10.1. The van der Waals surface area contributed by atoms with E-state index in [1.54, 1.807) is 40.1 Å². The van der Waals surface area contributed by atoms with Crippen molar-refractivity contribution in [3.63, 3.8) is 0 Å². The highest BCUT2D eigenvalue weighted by atomic mass is 16.2. The molecule has 0 aliphatic carbocycles. The molecule has 2 aromatic carbocycles. The highest BCUT2D eigenvalue weighted by molar-refractivity contribution is 6.06. The molecule has 36 heavy (non-hydrogen) atoms. The molecule has 0 saturated heterocycles. The molecular formula is C27H25N5O4. The van der Waals surface area contributed by atoms with Gasteiger partial charge in [0, 0.05) is 49.7 Å². The zero-order valence-electron chi connectivity index (χ0n) is 20.0. The number of anilines is 4. The molecule has 0 spiro atoms. The van der Waals surface area contributed by atoms with Crippen LogP contribution in [0.15, 0.2) is 54.6 Å². The van der Waals surface area contributed by atoms with Gasteiger partial charge >= 0.3 is 0 Å². The van der Waals surface area contributed by atoms with Crippen molar-refractivity contribution in [3.05, 3.63) is 77.1 Å². The van der Waals surface area contributed by atoms with E-state index in [-0.39, 0.29) is 23.2 Å². The molecule has 0 unspecified atom stereocenters. The zero-order valence-corrected chi connectivity index (χ0v) is 20.0. The van der Waals surface area contributed by atoms with Gasteiger partial charge in [-0.15, -0.1) is 0 Å². The summed E-state index contributed by atoms with van der Waals surface area (Å²) in [6, 6.07) is 15.5. The number of aromatic nitrogens is 1. The molecule has 4 amide bonds. The summed E-state index contributed by atoms with van der Waals surface area (Å²) in [6.07, 6.45) is 1.45. The lowest BCUT2D eigenvalue weighted by molar-refractivity contribution is -0.117. The van der Waals surface area contributed by atoms with Gasteiger partial charge in [0.05, 0.1) is 0 Å². The second-order valence-electron chi connectivity index (χ2n) is 8.84. The van der Waals surface area contributed by atoms with Crippen LogP contribution in [0.25, 0.3) is 0 Å². The van der Waals surface area contributed by atoms with E-state index in [1.165, 1.54) is 13.8 Å². The second-order valence-corrected chi connectivity index (χ2v) is 8.84. The minimum Gasteiger partial charge on any atom is -0.321 e. The number of nitrogens with zero attached hydrogens (tertiary/aromatic N) is 3. The molecular weight excluding hydrogens is 458 g/mol. The molecule has 0 fully saturated rings. The van der Waals surface area contributed by atoms with Gasteiger partial charge in [-0.3, -0.25) is 19.2 Å². The van der Waals surface area contributed by atoms with Crippen LogP contribution in [0.2, 0.25) is 0 Å². The second kappa shape index (κ2) is 9.26. The Morgan fingerprint density at radius 3 is 1.56 bits per heavy atom. The minimum atomic E-state index is -0.437. The maximum atomic E-state index is 12.8. The van der Waals surface area contributed by atoms with Crippen LogP contribution in [0.5, 0.6) is 0 Å². The normalized spacial score (nSPS) is 13.7. The molecule has 1 aromatic heterocycles. The van der Waals surface area contributed by atoms with Gasteiger partial charge in [0.2, 0.25) is 11.8 Å². The first kappa shape index (κ1) is 23.2.